The van der Waals surface area contributed by atoms with Crippen molar-refractivity contribution in [2.45, 2.75) is 13.4 Å². The Morgan fingerprint density at radius 2 is 1.88 bits per heavy atom. The van der Waals surface area contributed by atoms with Crippen molar-refractivity contribution in [2.24, 2.45) is 0 Å². The number of nitrogen functional groups attached to an aromatic ring is 1. The van der Waals surface area contributed by atoms with Gasteiger partial charge in [-0.3, -0.25) is 0 Å². The SMILES string of the molecule is C[B]c1cc(OCc2ccccc2)ccc1N. The van der Waals surface area contributed by atoms with Gasteiger partial charge in [0.15, 0.2) is 7.28 Å². The van der Waals surface area contributed by atoms with Gasteiger partial charge >= 0.3 is 0 Å². The van der Waals surface area contributed by atoms with Crippen molar-refractivity contribution in [1.29, 1.82) is 0 Å². The molecule has 2 N–H and O–H groups in total. The van der Waals surface area contributed by atoms with Crippen LogP contribution in [-0.4, -0.2) is 7.28 Å². The van der Waals surface area contributed by atoms with E-state index in [1.807, 2.05) is 62.6 Å². The summed E-state index contributed by atoms with van der Waals surface area (Å²) in [5.41, 5.74) is 8.77. The third kappa shape index (κ3) is 3.03. The van der Waals surface area contributed by atoms with Gasteiger partial charge in [0.1, 0.15) is 12.4 Å². The number of rotatable bonds is 4. The number of anilines is 1. The average molecular weight is 224 g/mol. The molecule has 85 valence electrons. The topological polar surface area (TPSA) is 35.2 Å². The molecule has 1 radical (unpaired) electrons. The van der Waals surface area contributed by atoms with E-state index < -0.39 is 0 Å². The molecule has 17 heavy (non-hydrogen) atoms. The highest BCUT2D eigenvalue weighted by molar-refractivity contribution is 6.54. The molecule has 0 aliphatic heterocycles. The third-order valence-corrected chi connectivity index (χ3v) is 2.62. The molecule has 0 saturated heterocycles. The Balaban J connectivity index is 2.04. The monoisotopic (exact) mass is 224 g/mol. The first-order chi connectivity index (χ1) is 8.29. The van der Waals surface area contributed by atoms with Gasteiger partial charge in [0, 0.05) is 5.69 Å². The van der Waals surface area contributed by atoms with E-state index in [-0.39, 0.29) is 0 Å². The minimum atomic E-state index is 0.577. The molecule has 2 aromatic rings. The second-order valence-corrected chi connectivity index (χ2v) is 3.85. The van der Waals surface area contributed by atoms with Crippen molar-refractivity contribution in [3.8, 4) is 5.75 Å². The summed E-state index contributed by atoms with van der Waals surface area (Å²) < 4.78 is 5.71. The molecule has 2 nitrogen and oxygen atoms in total. The fourth-order valence-electron chi connectivity index (χ4n) is 1.63. The minimum Gasteiger partial charge on any atom is -0.489 e. The van der Waals surface area contributed by atoms with Crippen molar-refractivity contribution >= 4 is 18.4 Å². The Kier molecular flexibility index (Phi) is 3.71. The highest BCUT2D eigenvalue weighted by atomic mass is 16.5. The van der Waals surface area contributed by atoms with Crippen molar-refractivity contribution < 1.29 is 4.74 Å². The summed E-state index contributed by atoms with van der Waals surface area (Å²) in [4.78, 5) is 0. The first kappa shape index (κ1) is 11.6. The van der Waals surface area contributed by atoms with Crippen LogP contribution in [-0.2, 0) is 6.61 Å². The lowest BCUT2D eigenvalue weighted by molar-refractivity contribution is 0.306. The summed E-state index contributed by atoms with van der Waals surface area (Å²) >= 11 is 0. The summed E-state index contributed by atoms with van der Waals surface area (Å²) in [6, 6.07) is 15.8. The van der Waals surface area contributed by atoms with Gasteiger partial charge in [-0.1, -0.05) is 42.6 Å². The Hall–Kier alpha value is -1.90. The molecule has 0 aliphatic carbocycles. The number of hydrogen-bond acceptors (Lipinski definition) is 2. The molecule has 2 rings (SSSR count). The molecule has 0 amide bonds. The van der Waals surface area contributed by atoms with Crippen LogP contribution >= 0.6 is 0 Å². The van der Waals surface area contributed by atoms with Gasteiger partial charge in [-0.15, -0.1) is 0 Å². The van der Waals surface area contributed by atoms with E-state index in [0.29, 0.717) is 6.61 Å². The molecule has 0 heterocycles. The number of nitrogens with two attached hydrogens (primary N) is 1. The summed E-state index contributed by atoms with van der Waals surface area (Å²) in [6.07, 6.45) is 0. The predicted octanol–water partition coefficient (Wildman–Crippen LogP) is 2.23. The second-order valence-electron chi connectivity index (χ2n) is 3.85. The number of benzene rings is 2. The lowest BCUT2D eigenvalue weighted by Crippen LogP contribution is -2.16. The van der Waals surface area contributed by atoms with Gasteiger partial charge in [0.25, 0.3) is 0 Å². The lowest BCUT2D eigenvalue weighted by Gasteiger charge is -2.09. The van der Waals surface area contributed by atoms with Crippen LogP contribution in [0.25, 0.3) is 0 Å². The molecule has 0 aliphatic rings. The van der Waals surface area contributed by atoms with Gasteiger partial charge in [0.05, 0.1) is 0 Å². The van der Waals surface area contributed by atoms with E-state index in [9.17, 15) is 0 Å². The highest BCUT2D eigenvalue weighted by Gasteiger charge is 2.01. The minimum absolute atomic E-state index is 0.577. The maximum absolute atomic E-state index is 5.82. The zero-order chi connectivity index (χ0) is 12.1. The van der Waals surface area contributed by atoms with Crippen molar-refractivity contribution in [3.63, 3.8) is 0 Å². The quantitative estimate of drug-likeness (QED) is 0.638. The van der Waals surface area contributed by atoms with E-state index in [0.717, 1.165) is 22.5 Å². The van der Waals surface area contributed by atoms with Crippen LogP contribution < -0.4 is 15.9 Å². The van der Waals surface area contributed by atoms with E-state index in [1.165, 1.54) is 0 Å². The summed E-state index contributed by atoms with van der Waals surface area (Å²) in [7, 11) is 1.98. The summed E-state index contributed by atoms with van der Waals surface area (Å²) in [5, 5.41) is 0. The van der Waals surface area contributed by atoms with Gasteiger partial charge in [-0.05, 0) is 23.8 Å². The molecule has 0 fully saturated rings. The molecule has 3 heteroatoms. The Morgan fingerprint density at radius 1 is 1.12 bits per heavy atom. The molecular weight excluding hydrogens is 209 g/mol. The molecule has 0 atom stereocenters. The standard InChI is InChI=1S/C14H15BNO/c1-15-13-9-12(7-8-14(13)16)17-10-11-5-3-2-4-6-11/h2-9H,10,16H2,1H3. The number of ether oxygens (including phenoxy) is 1. The molecule has 0 bridgehead atoms. The van der Waals surface area contributed by atoms with Crippen LogP contribution in [0.3, 0.4) is 0 Å². The molecule has 0 saturated carbocycles. The van der Waals surface area contributed by atoms with Crippen LogP contribution in [0.4, 0.5) is 5.69 Å². The summed E-state index contributed by atoms with van der Waals surface area (Å²) in [5.74, 6) is 0.844. The predicted molar refractivity (Wildman–Crippen MR) is 72.9 cm³/mol. The molecule has 0 spiro atoms. The first-order valence-electron chi connectivity index (χ1n) is 5.65. The smallest absolute Gasteiger partial charge is 0.151 e. The highest BCUT2D eigenvalue weighted by Crippen LogP contribution is 2.13. The zero-order valence-corrected chi connectivity index (χ0v) is 9.89. The van der Waals surface area contributed by atoms with Crippen LogP contribution in [0.2, 0.25) is 6.82 Å². The van der Waals surface area contributed by atoms with Crippen LogP contribution in [0.15, 0.2) is 48.5 Å². The lowest BCUT2D eigenvalue weighted by atomic mass is 9.72. The third-order valence-electron chi connectivity index (χ3n) is 2.62. The summed E-state index contributed by atoms with van der Waals surface area (Å²) in [6.45, 7) is 2.54. The maximum Gasteiger partial charge on any atom is 0.151 e. The first-order valence-corrected chi connectivity index (χ1v) is 5.65. The maximum atomic E-state index is 5.82. The van der Waals surface area contributed by atoms with Gasteiger partial charge in [-0.25, -0.2) is 0 Å². The van der Waals surface area contributed by atoms with E-state index >= 15 is 0 Å². The number of hydrogen-bond donors (Lipinski definition) is 1. The molecule has 0 unspecified atom stereocenters. The largest absolute Gasteiger partial charge is 0.489 e. The average Bonchev–Trinajstić information content (AvgIpc) is 2.39. The zero-order valence-electron chi connectivity index (χ0n) is 9.89. The van der Waals surface area contributed by atoms with Gasteiger partial charge < -0.3 is 10.5 Å². The van der Waals surface area contributed by atoms with E-state index in [4.69, 9.17) is 10.5 Å². The molecular formula is C14H15BNO. The normalized spacial score (nSPS) is 9.94. The Bertz CT molecular complexity index is 485. The Morgan fingerprint density at radius 3 is 2.59 bits per heavy atom. The van der Waals surface area contributed by atoms with Gasteiger partial charge in [0.2, 0.25) is 0 Å². The van der Waals surface area contributed by atoms with Crippen LogP contribution in [0.1, 0.15) is 5.56 Å². The van der Waals surface area contributed by atoms with Crippen LogP contribution in [0.5, 0.6) is 5.75 Å². The fraction of sp³-hybridized carbons (Fsp3) is 0.143. The molecule has 2 aromatic carbocycles. The second kappa shape index (κ2) is 5.44. The van der Waals surface area contributed by atoms with Crippen molar-refractivity contribution in [2.75, 3.05) is 5.73 Å². The van der Waals surface area contributed by atoms with E-state index in [2.05, 4.69) is 0 Å². The van der Waals surface area contributed by atoms with E-state index in [1.54, 1.807) is 0 Å². The molecule has 0 aromatic heterocycles. The van der Waals surface area contributed by atoms with Crippen molar-refractivity contribution in [3.05, 3.63) is 54.1 Å². The van der Waals surface area contributed by atoms with Gasteiger partial charge in [-0.2, -0.15) is 0 Å². The van der Waals surface area contributed by atoms with Crippen LogP contribution in [0, 0.1) is 0 Å². The fourth-order valence-corrected chi connectivity index (χ4v) is 1.63. The van der Waals surface area contributed by atoms with Crippen molar-refractivity contribution in [1.82, 2.24) is 0 Å². The Labute approximate surface area is 103 Å².